The number of ether oxygens (including phenoxy) is 1. The molecule has 1 atom stereocenters. The van der Waals surface area contributed by atoms with E-state index < -0.39 is 8.56 Å². The normalized spacial score (nSPS) is 13.1. The second kappa shape index (κ2) is 6.68. The van der Waals surface area contributed by atoms with E-state index >= 15 is 0 Å². The molecule has 0 N–H and O–H groups in total. The third-order valence-corrected chi connectivity index (χ3v) is 6.34. The topological polar surface area (TPSA) is 44.8 Å². The average Bonchev–Trinajstić information content (AvgIpc) is 2.44. The van der Waals surface area contributed by atoms with Gasteiger partial charge in [0.05, 0.1) is 5.56 Å². The van der Waals surface area contributed by atoms with Gasteiger partial charge >= 0.3 is 14.5 Å². The Morgan fingerprint density at radius 3 is 2.22 bits per heavy atom. The van der Waals surface area contributed by atoms with Gasteiger partial charge in [-0.3, -0.25) is 0 Å². The van der Waals surface area contributed by atoms with E-state index in [0.29, 0.717) is 12.0 Å². The zero-order chi connectivity index (χ0) is 13.6. The Balaban J connectivity index is 2.78. The molecule has 1 rings (SSSR count). The largest absolute Gasteiger partial charge is 0.457 e. The van der Waals surface area contributed by atoms with Crippen LogP contribution in [0, 0.1) is 0 Å². The van der Waals surface area contributed by atoms with E-state index in [9.17, 15) is 4.79 Å². The first-order valence-electron chi connectivity index (χ1n) is 5.93. The fraction of sp³-hybridized carbons (Fsp3) is 0.462. The number of carbonyl (C=O) groups excluding carboxylic acids is 1. The van der Waals surface area contributed by atoms with Crippen molar-refractivity contribution in [2.75, 3.05) is 14.2 Å². The summed E-state index contributed by atoms with van der Waals surface area (Å²) in [4.78, 5) is 12.0. The van der Waals surface area contributed by atoms with Crippen molar-refractivity contribution in [1.29, 1.82) is 0 Å². The van der Waals surface area contributed by atoms with Crippen LogP contribution >= 0.6 is 0 Å². The molecule has 1 unspecified atom stereocenters. The standard InChI is InChI=1S/C13H20O4Si/c1-5-12(18(4,15-2)16-3)17-13(14)11-9-7-6-8-10-11/h6-10,12H,5H2,1-4H3. The summed E-state index contributed by atoms with van der Waals surface area (Å²) in [5.74, 6) is -0.338. The maximum Gasteiger partial charge on any atom is 0.376 e. The predicted molar refractivity (Wildman–Crippen MR) is 71.6 cm³/mol. The highest BCUT2D eigenvalue weighted by Gasteiger charge is 2.41. The van der Waals surface area contributed by atoms with Gasteiger partial charge in [-0.1, -0.05) is 25.1 Å². The van der Waals surface area contributed by atoms with Crippen molar-refractivity contribution in [1.82, 2.24) is 0 Å². The molecule has 0 fully saturated rings. The van der Waals surface area contributed by atoms with Crippen LogP contribution in [-0.4, -0.2) is 34.5 Å². The van der Waals surface area contributed by atoms with Crippen LogP contribution in [-0.2, 0) is 13.6 Å². The molecule has 0 heterocycles. The molecule has 0 bridgehead atoms. The van der Waals surface area contributed by atoms with Crippen LogP contribution < -0.4 is 0 Å². The fourth-order valence-corrected chi connectivity index (χ4v) is 3.43. The maximum atomic E-state index is 12.0. The third kappa shape index (κ3) is 3.41. The van der Waals surface area contributed by atoms with Crippen molar-refractivity contribution in [3.63, 3.8) is 0 Å². The Morgan fingerprint density at radius 2 is 1.78 bits per heavy atom. The molecule has 0 aromatic heterocycles. The molecule has 0 aliphatic carbocycles. The molecule has 0 saturated carbocycles. The molecule has 0 aliphatic rings. The summed E-state index contributed by atoms with van der Waals surface area (Å²) in [6.45, 7) is 3.84. The first-order chi connectivity index (χ1) is 8.57. The Kier molecular flexibility index (Phi) is 5.52. The van der Waals surface area contributed by atoms with Crippen LogP contribution in [0.5, 0.6) is 0 Å². The van der Waals surface area contributed by atoms with E-state index in [2.05, 4.69) is 0 Å². The number of benzene rings is 1. The molecule has 1 aromatic carbocycles. The summed E-state index contributed by atoms with van der Waals surface area (Å²) in [7, 11) is 0.719. The zero-order valence-corrected chi connectivity index (χ0v) is 12.3. The molecule has 100 valence electrons. The Hall–Kier alpha value is -1.17. The first-order valence-corrected chi connectivity index (χ1v) is 8.33. The number of hydrogen-bond donors (Lipinski definition) is 0. The van der Waals surface area contributed by atoms with E-state index in [1.807, 2.05) is 19.5 Å². The Bertz CT molecular complexity index is 376. The molecule has 0 saturated heterocycles. The molecule has 0 spiro atoms. The molecular formula is C13H20O4Si. The zero-order valence-electron chi connectivity index (χ0n) is 11.3. The van der Waals surface area contributed by atoms with Crippen molar-refractivity contribution >= 4 is 14.5 Å². The molecular weight excluding hydrogens is 248 g/mol. The SMILES string of the molecule is CCC(OC(=O)c1ccccc1)[Si](C)(OC)OC. The fourth-order valence-electron chi connectivity index (χ4n) is 1.68. The number of rotatable bonds is 6. The highest BCUT2D eigenvalue weighted by Crippen LogP contribution is 2.18. The van der Waals surface area contributed by atoms with Crippen molar-refractivity contribution < 1.29 is 18.4 Å². The van der Waals surface area contributed by atoms with Gasteiger partial charge in [0.1, 0.15) is 5.73 Å². The van der Waals surface area contributed by atoms with Gasteiger partial charge in [-0.2, -0.15) is 0 Å². The summed E-state index contributed by atoms with van der Waals surface area (Å²) in [6, 6.07) is 8.93. The van der Waals surface area contributed by atoms with E-state index in [1.165, 1.54) is 0 Å². The Morgan fingerprint density at radius 1 is 1.22 bits per heavy atom. The summed E-state index contributed by atoms with van der Waals surface area (Å²) in [5, 5.41) is 0. The van der Waals surface area contributed by atoms with Gasteiger partial charge < -0.3 is 13.6 Å². The quantitative estimate of drug-likeness (QED) is 0.587. The van der Waals surface area contributed by atoms with Crippen molar-refractivity contribution in [3.05, 3.63) is 35.9 Å². The first kappa shape index (κ1) is 14.9. The van der Waals surface area contributed by atoms with Crippen molar-refractivity contribution in [2.45, 2.75) is 25.6 Å². The van der Waals surface area contributed by atoms with E-state index in [4.69, 9.17) is 13.6 Å². The smallest absolute Gasteiger partial charge is 0.376 e. The van der Waals surface area contributed by atoms with E-state index in [1.54, 1.807) is 38.5 Å². The van der Waals surface area contributed by atoms with Gasteiger partial charge in [0, 0.05) is 14.2 Å². The minimum Gasteiger partial charge on any atom is -0.457 e. The molecule has 5 heteroatoms. The molecule has 0 radical (unpaired) electrons. The van der Waals surface area contributed by atoms with Gasteiger partial charge in [0.2, 0.25) is 0 Å². The van der Waals surface area contributed by atoms with Crippen LogP contribution in [0.25, 0.3) is 0 Å². The van der Waals surface area contributed by atoms with Gasteiger partial charge in [-0.05, 0) is 25.1 Å². The van der Waals surface area contributed by atoms with Gasteiger partial charge in [0.25, 0.3) is 0 Å². The molecule has 4 nitrogen and oxygen atoms in total. The summed E-state index contributed by atoms with van der Waals surface area (Å²) in [5.41, 5.74) is 0.222. The molecule has 18 heavy (non-hydrogen) atoms. The Labute approximate surface area is 109 Å². The van der Waals surface area contributed by atoms with Gasteiger partial charge in [0.15, 0.2) is 0 Å². The summed E-state index contributed by atoms with van der Waals surface area (Å²) in [6.07, 6.45) is 0.670. The minimum atomic E-state index is -2.47. The minimum absolute atomic E-state index is 0.319. The van der Waals surface area contributed by atoms with E-state index in [-0.39, 0.29) is 11.7 Å². The van der Waals surface area contributed by atoms with Crippen LogP contribution in [0.1, 0.15) is 23.7 Å². The van der Waals surface area contributed by atoms with Crippen LogP contribution in [0.2, 0.25) is 6.55 Å². The molecule has 1 aromatic rings. The lowest BCUT2D eigenvalue weighted by Crippen LogP contribution is -2.51. The van der Waals surface area contributed by atoms with E-state index in [0.717, 1.165) is 0 Å². The predicted octanol–water partition coefficient (Wildman–Crippen LogP) is 2.53. The lowest BCUT2D eigenvalue weighted by molar-refractivity contribution is 0.0326. The second-order valence-corrected chi connectivity index (χ2v) is 7.58. The number of esters is 1. The third-order valence-electron chi connectivity index (χ3n) is 3.03. The van der Waals surface area contributed by atoms with Crippen molar-refractivity contribution in [2.24, 2.45) is 0 Å². The van der Waals surface area contributed by atoms with Gasteiger partial charge in [-0.25, -0.2) is 4.79 Å². The van der Waals surface area contributed by atoms with Crippen LogP contribution in [0.3, 0.4) is 0 Å². The highest BCUT2D eigenvalue weighted by molar-refractivity contribution is 6.67. The highest BCUT2D eigenvalue weighted by atomic mass is 28.4. The molecule has 0 aliphatic heterocycles. The number of carbonyl (C=O) groups is 1. The average molecular weight is 268 g/mol. The lowest BCUT2D eigenvalue weighted by Gasteiger charge is -2.30. The lowest BCUT2D eigenvalue weighted by atomic mass is 10.2. The van der Waals surface area contributed by atoms with Gasteiger partial charge in [-0.15, -0.1) is 0 Å². The second-order valence-electron chi connectivity index (χ2n) is 4.09. The monoisotopic (exact) mass is 268 g/mol. The molecule has 0 amide bonds. The van der Waals surface area contributed by atoms with Crippen molar-refractivity contribution in [3.8, 4) is 0 Å². The number of hydrogen-bond acceptors (Lipinski definition) is 4. The summed E-state index contributed by atoms with van der Waals surface area (Å²) < 4.78 is 16.3. The van der Waals surface area contributed by atoms with Crippen LogP contribution in [0.4, 0.5) is 0 Å². The summed E-state index contributed by atoms with van der Waals surface area (Å²) >= 11 is 0. The van der Waals surface area contributed by atoms with Crippen LogP contribution in [0.15, 0.2) is 30.3 Å². The maximum absolute atomic E-state index is 12.0.